The highest BCUT2D eigenvalue weighted by Gasteiger charge is 2.23. The van der Waals surface area contributed by atoms with Crippen LogP contribution in [0.5, 0.6) is 0 Å². The summed E-state index contributed by atoms with van der Waals surface area (Å²) >= 11 is 0. The molecule has 1 aliphatic rings. The van der Waals surface area contributed by atoms with Gasteiger partial charge in [0.2, 0.25) is 0 Å². The zero-order valence-electron chi connectivity index (χ0n) is 12.1. The molecule has 0 spiro atoms. The molecule has 0 atom stereocenters. The van der Waals surface area contributed by atoms with E-state index in [-0.39, 0.29) is 0 Å². The molecule has 0 radical (unpaired) electrons. The molecule has 0 unspecified atom stereocenters. The topological polar surface area (TPSA) is 30.7 Å². The Kier molecular flexibility index (Phi) is 3.18. The number of aromatic nitrogens is 3. The molecule has 0 bridgehead atoms. The molecule has 4 rings (SSSR count). The van der Waals surface area contributed by atoms with Crippen LogP contribution < -0.4 is 0 Å². The van der Waals surface area contributed by atoms with E-state index >= 15 is 0 Å². The van der Waals surface area contributed by atoms with E-state index in [4.69, 9.17) is 5.10 Å². The second kappa shape index (κ2) is 5.32. The molecule has 3 nitrogen and oxygen atoms in total. The summed E-state index contributed by atoms with van der Waals surface area (Å²) in [7, 11) is 0. The highest BCUT2D eigenvalue weighted by Crippen LogP contribution is 2.35. The molecule has 2 aromatic heterocycles. The summed E-state index contributed by atoms with van der Waals surface area (Å²) < 4.78 is 2.05. The molecule has 0 N–H and O–H groups in total. The van der Waals surface area contributed by atoms with E-state index in [0.29, 0.717) is 5.92 Å². The zero-order chi connectivity index (χ0) is 14.1. The van der Waals surface area contributed by atoms with Gasteiger partial charge in [-0.05, 0) is 37.1 Å². The first-order valence-electron chi connectivity index (χ1n) is 7.82. The third-order valence-electron chi connectivity index (χ3n) is 4.46. The van der Waals surface area contributed by atoms with Crippen molar-refractivity contribution < 1.29 is 0 Å². The molecule has 1 fully saturated rings. The number of nitrogens with zero attached hydrogens (tertiary/aromatic N) is 3. The second-order valence-electron chi connectivity index (χ2n) is 5.84. The van der Waals surface area contributed by atoms with Gasteiger partial charge in [0.1, 0.15) is 5.52 Å². The van der Waals surface area contributed by atoms with Crippen molar-refractivity contribution in [2.75, 3.05) is 0 Å². The molecule has 21 heavy (non-hydrogen) atoms. The first kappa shape index (κ1) is 12.6. The number of pyridine rings is 1. The van der Waals surface area contributed by atoms with Gasteiger partial charge in [-0.2, -0.15) is 5.10 Å². The monoisotopic (exact) mass is 277 g/mol. The molecule has 106 valence electrons. The average Bonchev–Trinajstić information content (AvgIpc) is 2.96. The quantitative estimate of drug-likeness (QED) is 0.692. The average molecular weight is 277 g/mol. The van der Waals surface area contributed by atoms with Crippen molar-refractivity contribution in [3.05, 3.63) is 54.4 Å². The van der Waals surface area contributed by atoms with Gasteiger partial charge in [-0.3, -0.25) is 4.98 Å². The standard InChI is InChI=1S/C18H19N3/c1-3-8-14(9-4-1)17-18-16(12-7-13-19-18)21(20-17)15-10-5-2-6-11-15/h2,5-7,10-14H,1,3-4,8-9H2. The molecule has 1 aliphatic carbocycles. The van der Waals surface area contributed by atoms with Gasteiger partial charge >= 0.3 is 0 Å². The van der Waals surface area contributed by atoms with E-state index < -0.39 is 0 Å². The van der Waals surface area contributed by atoms with Crippen molar-refractivity contribution in [1.82, 2.24) is 14.8 Å². The number of fused-ring (bicyclic) bond motifs is 1. The van der Waals surface area contributed by atoms with Crippen LogP contribution in [-0.4, -0.2) is 14.8 Å². The first-order valence-corrected chi connectivity index (χ1v) is 7.82. The Morgan fingerprint density at radius 2 is 1.71 bits per heavy atom. The normalized spacial score (nSPS) is 16.4. The Morgan fingerprint density at radius 1 is 0.905 bits per heavy atom. The lowest BCUT2D eigenvalue weighted by Gasteiger charge is -2.19. The summed E-state index contributed by atoms with van der Waals surface area (Å²) in [5, 5.41) is 4.94. The molecule has 0 saturated heterocycles. The van der Waals surface area contributed by atoms with E-state index in [1.807, 2.05) is 23.0 Å². The minimum atomic E-state index is 0.570. The van der Waals surface area contributed by atoms with Gasteiger partial charge in [-0.15, -0.1) is 0 Å². The van der Waals surface area contributed by atoms with Crippen LogP contribution in [0.4, 0.5) is 0 Å². The van der Waals surface area contributed by atoms with Crippen molar-refractivity contribution in [2.45, 2.75) is 38.0 Å². The van der Waals surface area contributed by atoms with Crippen molar-refractivity contribution in [1.29, 1.82) is 0 Å². The van der Waals surface area contributed by atoms with Crippen LogP contribution in [0.15, 0.2) is 48.7 Å². The minimum absolute atomic E-state index is 0.570. The predicted molar refractivity (Wildman–Crippen MR) is 84.7 cm³/mol. The summed E-state index contributed by atoms with van der Waals surface area (Å²) in [5.41, 5.74) is 4.49. The van der Waals surface area contributed by atoms with Gasteiger partial charge in [0.25, 0.3) is 0 Å². The maximum absolute atomic E-state index is 4.94. The lowest BCUT2D eigenvalue weighted by molar-refractivity contribution is 0.436. The van der Waals surface area contributed by atoms with Crippen molar-refractivity contribution in [3.8, 4) is 5.69 Å². The van der Waals surface area contributed by atoms with Crippen LogP contribution in [0.25, 0.3) is 16.7 Å². The lowest BCUT2D eigenvalue weighted by Crippen LogP contribution is -2.06. The summed E-state index contributed by atoms with van der Waals surface area (Å²) in [6, 6.07) is 14.5. The fourth-order valence-electron chi connectivity index (χ4n) is 3.39. The van der Waals surface area contributed by atoms with E-state index in [1.54, 1.807) is 0 Å². The SMILES string of the molecule is c1ccc(-n2nc(C3CCCCC3)c3ncccc32)cc1. The van der Waals surface area contributed by atoms with Crippen LogP contribution >= 0.6 is 0 Å². The predicted octanol–water partition coefficient (Wildman–Crippen LogP) is 4.47. The molecular formula is C18H19N3. The highest BCUT2D eigenvalue weighted by molar-refractivity contribution is 5.79. The first-order chi connectivity index (χ1) is 10.4. The molecule has 1 saturated carbocycles. The fraction of sp³-hybridized carbons (Fsp3) is 0.333. The maximum Gasteiger partial charge on any atom is 0.112 e. The Morgan fingerprint density at radius 3 is 2.52 bits per heavy atom. The van der Waals surface area contributed by atoms with E-state index in [9.17, 15) is 0 Å². The van der Waals surface area contributed by atoms with Crippen molar-refractivity contribution in [3.63, 3.8) is 0 Å². The number of benzene rings is 1. The second-order valence-corrected chi connectivity index (χ2v) is 5.84. The van der Waals surface area contributed by atoms with Crippen LogP contribution in [0, 0.1) is 0 Å². The zero-order valence-corrected chi connectivity index (χ0v) is 12.1. The Balaban J connectivity index is 1.88. The van der Waals surface area contributed by atoms with Gasteiger partial charge < -0.3 is 0 Å². The maximum atomic E-state index is 4.94. The van der Waals surface area contributed by atoms with Crippen molar-refractivity contribution >= 4 is 11.0 Å². The van der Waals surface area contributed by atoms with Gasteiger partial charge in [-0.25, -0.2) is 4.68 Å². The van der Waals surface area contributed by atoms with E-state index in [0.717, 1.165) is 16.7 Å². The smallest absolute Gasteiger partial charge is 0.112 e. The highest BCUT2D eigenvalue weighted by atomic mass is 15.3. The fourth-order valence-corrected chi connectivity index (χ4v) is 3.39. The third-order valence-corrected chi connectivity index (χ3v) is 4.46. The van der Waals surface area contributed by atoms with Crippen LogP contribution in [-0.2, 0) is 0 Å². The summed E-state index contributed by atoms with van der Waals surface area (Å²) in [6.45, 7) is 0. The van der Waals surface area contributed by atoms with E-state index in [1.165, 1.54) is 37.8 Å². The van der Waals surface area contributed by atoms with Gasteiger partial charge in [-0.1, -0.05) is 37.5 Å². The van der Waals surface area contributed by atoms with Crippen LogP contribution in [0.2, 0.25) is 0 Å². The number of hydrogen-bond acceptors (Lipinski definition) is 2. The van der Waals surface area contributed by atoms with Gasteiger partial charge in [0.15, 0.2) is 0 Å². The number of hydrogen-bond donors (Lipinski definition) is 0. The Hall–Kier alpha value is -2.16. The minimum Gasteiger partial charge on any atom is -0.253 e. The molecule has 3 aromatic rings. The third kappa shape index (κ3) is 2.23. The summed E-state index contributed by atoms with van der Waals surface area (Å²) in [5.74, 6) is 0.570. The van der Waals surface area contributed by atoms with Crippen LogP contribution in [0.3, 0.4) is 0 Å². The van der Waals surface area contributed by atoms with E-state index in [2.05, 4.69) is 35.3 Å². The number of para-hydroxylation sites is 1. The summed E-state index contributed by atoms with van der Waals surface area (Å²) in [4.78, 5) is 4.62. The molecule has 0 amide bonds. The molecule has 2 heterocycles. The van der Waals surface area contributed by atoms with Gasteiger partial charge in [0.05, 0.1) is 16.9 Å². The molecule has 0 aliphatic heterocycles. The molecule has 1 aromatic carbocycles. The van der Waals surface area contributed by atoms with Gasteiger partial charge in [0, 0.05) is 12.1 Å². The largest absolute Gasteiger partial charge is 0.253 e. The Bertz CT molecular complexity index is 740. The summed E-state index contributed by atoms with van der Waals surface area (Å²) in [6.07, 6.45) is 8.37. The van der Waals surface area contributed by atoms with Crippen molar-refractivity contribution in [2.24, 2.45) is 0 Å². The van der Waals surface area contributed by atoms with Crippen LogP contribution in [0.1, 0.15) is 43.7 Å². The molecular weight excluding hydrogens is 258 g/mol. The Labute approximate surface area is 124 Å². The number of rotatable bonds is 2. The lowest BCUT2D eigenvalue weighted by atomic mass is 9.86. The molecule has 3 heteroatoms.